The molecule has 0 saturated carbocycles. The lowest BCUT2D eigenvalue weighted by molar-refractivity contribution is 0.306. The molecule has 0 atom stereocenters. The van der Waals surface area contributed by atoms with E-state index in [2.05, 4.69) is 4.99 Å². The Bertz CT molecular complexity index is 954. The summed E-state index contributed by atoms with van der Waals surface area (Å²) in [6.07, 6.45) is 1.73. The number of ether oxygens (including phenoxy) is 1. The Balaban J connectivity index is 1.85. The van der Waals surface area contributed by atoms with E-state index >= 15 is 0 Å². The topological polar surface area (TPSA) is 21.6 Å². The maximum absolute atomic E-state index is 6.19. The fourth-order valence-corrected chi connectivity index (χ4v) is 2.94. The quantitative estimate of drug-likeness (QED) is 0.409. The summed E-state index contributed by atoms with van der Waals surface area (Å²) < 4.78 is 5.94. The highest BCUT2D eigenvalue weighted by atomic mass is 35.5. The SMILES string of the molecule is Cc1c(Cl)cccc1N=Cc1cc(Cl)ccc1OCc1ccccc1Cl. The minimum atomic E-state index is 0.359. The molecule has 0 fully saturated rings. The Morgan fingerprint density at radius 3 is 2.50 bits per heavy atom. The maximum atomic E-state index is 6.19. The largest absolute Gasteiger partial charge is 0.488 e. The fraction of sp³-hybridized carbons (Fsp3) is 0.0952. The second-order valence-corrected chi connectivity index (χ2v) is 6.96. The van der Waals surface area contributed by atoms with Crippen LogP contribution in [0.3, 0.4) is 0 Å². The molecular formula is C21H16Cl3NO. The average molecular weight is 405 g/mol. The van der Waals surface area contributed by atoms with Gasteiger partial charge in [0.1, 0.15) is 12.4 Å². The fourth-order valence-electron chi connectivity index (χ4n) is 2.40. The Morgan fingerprint density at radius 1 is 0.923 bits per heavy atom. The number of halogens is 3. The van der Waals surface area contributed by atoms with Crippen LogP contribution in [0.4, 0.5) is 5.69 Å². The van der Waals surface area contributed by atoms with Crippen LogP contribution in [-0.2, 0) is 6.61 Å². The molecule has 3 aromatic carbocycles. The second-order valence-electron chi connectivity index (χ2n) is 5.70. The van der Waals surface area contributed by atoms with Gasteiger partial charge in [-0.15, -0.1) is 0 Å². The lowest BCUT2D eigenvalue weighted by Gasteiger charge is -2.11. The van der Waals surface area contributed by atoms with Crippen LogP contribution in [0.25, 0.3) is 0 Å². The van der Waals surface area contributed by atoms with Crippen molar-refractivity contribution >= 4 is 46.7 Å². The highest BCUT2D eigenvalue weighted by Gasteiger charge is 2.06. The zero-order valence-electron chi connectivity index (χ0n) is 14.0. The van der Waals surface area contributed by atoms with Gasteiger partial charge in [0.15, 0.2) is 0 Å². The molecule has 0 aliphatic rings. The van der Waals surface area contributed by atoms with Crippen molar-refractivity contribution < 1.29 is 4.74 Å². The van der Waals surface area contributed by atoms with E-state index in [1.165, 1.54) is 0 Å². The first-order chi connectivity index (χ1) is 12.5. The average Bonchev–Trinajstić information content (AvgIpc) is 2.63. The number of hydrogen-bond donors (Lipinski definition) is 0. The van der Waals surface area contributed by atoms with Crippen molar-refractivity contribution in [1.82, 2.24) is 0 Å². The first-order valence-electron chi connectivity index (χ1n) is 7.99. The second kappa shape index (κ2) is 8.59. The predicted molar refractivity (Wildman–Crippen MR) is 111 cm³/mol. The van der Waals surface area contributed by atoms with Gasteiger partial charge in [-0.1, -0.05) is 59.1 Å². The molecule has 5 heteroatoms. The van der Waals surface area contributed by atoms with Gasteiger partial charge in [0.25, 0.3) is 0 Å². The summed E-state index contributed by atoms with van der Waals surface area (Å²) in [7, 11) is 0. The molecule has 0 bridgehead atoms. The number of nitrogens with zero attached hydrogens (tertiary/aromatic N) is 1. The molecule has 3 rings (SSSR count). The van der Waals surface area contributed by atoms with Gasteiger partial charge in [-0.25, -0.2) is 0 Å². The van der Waals surface area contributed by atoms with Crippen molar-refractivity contribution in [3.8, 4) is 5.75 Å². The molecule has 0 aliphatic carbocycles. The van der Waals surface area contributed by atoms with Crippen molar-refractivity contribution in [2.45, 2.75) is 13.5 Å². The lowest BCUT2D eigenvalue weighted by Crippen LogP contribution is -1.99. The van der Waals surface area contributed by atoms with Crippen LogP contribution >= 0.6 is 34.8 Å². The van der Waals surface area contributed by atoms with Gasteiger partial charge in [-0.2, -0.15) is 0 Å². The number of benzene rings is 3. The van der Waals surface area contributed by atoms with Gasteiger partial charge in [-0.3, -0.25) is 4.99 Å². The van der Waals surface area contributed by atoms with Crippen molar-refractivity contribution in [3.05, 3.63) is 92.4 Å². The minimum Gasteiger partial charge on any atom is -0.488 e. The van der Waals surface area contributed by atoms with E-state index in [9.17, 15) is 0 Å². The molecule has 0 N–H and O–H groups in total. The highest BCUT2D eigenvalue weighted by Crippen LogP contribution is 2.27. The van der Waals surface area contributed by atoms with E-state index < -0.39 is 0 Å². The molecule has 0 radical (unpaired) electrons. The molecular weight excluding hydrogens is 389 g/mol. The van der Waals surface area contributed by atoms with Crippen LogP contribution in [0.2, 0.25) is 15.1 Å². The van der Waals surface area contributed by atoms with E-state index in [4.69, 9.17) is 39.5 Å². The molecule has 26 heavy (non-hydrogen) atoms. The molecule has 0 spiro atoms. The number of hydrogen-bond acceptors (Lipinski definition) is 2. The summed E-state index contributed by atoms with van der Waals surface area (Å²) in [6.45, 7) is 2.29. The van der Waals surface area contributed by atoms with Gasteiger partial charge in [-0.05, 0) is 48.9 Å². The third kappa shape index (κ3) is 4.59. The molecule has 0 aliphatic heterocycles. The molecule has 0 saturated heterocycles. The monoisotopic (exact) mass is 403 g/mol. The zero-order chi connectivity index (χ0) is 18.5. The Kier molecular flexibility index (Phi) is 6.20. The van der Waals surface area contributed by atoms with Crippen LogP contribution in [0.1, 0.15) is 16.7 Å². The third-order valence-corrected chi connectivity index (χ3v) is 4.91. The van der Waals surface area contributed by atoms with Gasteiger partial charge in [0, 0.05) is 32.4 Å². The van der Waals surface area contributed by atoms with E-state index in [1.54, 1.807) is 12.3 Å². The van der Waals surface area contributed by atoms with Crippen molar-refractivity contribution in [3.63, 3.8) is 0 Å². The molecule has 3 aromatic rings. The molecule has 0 unspecified atom stereocenters. The summed E-state index contributed by atoms with van der Waals surface area (Å²) in [5.74, 6) is 0.678. The first kappa shape index (κ1) is 18.8. The standard InChI is InChI=1S/C21H16Cl3NO/c1-14-18(23)7-4-8-20(14)25-12-16-11-17(22)9-10-21(16)26-13-15-5-2-3-6-19(15)24/h2-12H,13H2,1H3. The smallest absolute Gasteiger partial charge is 0.128 e. The normalized spacial score (nSPS) is 11.1. The summed E-state index contributed by atoms with van der Waals surface area (Å²) in [5.41, 5.74) is 3.42. The zero-order valence-corrected chi connectivity index (χ0v) is 16.3. The highest BCUT2D eigenvalue weighted by molar-refractivity contribution is 6.32. The Morgan fingerprint density at radius 2 is 1.69 bits per heavy atom. The van der Waals surface area contributed by atoms with Gasteiger partial charge >= 0.3 is 0 Å². The van der Waals surface area contributed by atoms with Crippen molar-refractivity contribution in [1.29, 1.82) is 0 Å². The van der Waals surface area contributed by atoms with Gasteiger partial charge < -0.3 is 4.74 Å². The van der Waals surface area contributed by atoms with E-state index in [0.29, 0.717) is 27.4 Å². The van der Waals surface area contributed by atoms with Crippen molar-refractivity contribution in [2.75, 3.05) is 0 Å². The summed E-state index contributed by atoms with van der Waals surface area (Å²) >= 11 is 18.5. The van der Waals surface area contributed by atoms with Gasteiger partial charge in [0.05, 0.1) is 5.69 Å². The van der Waals surface area contributed by atoms with E-state index in [0.717, 1.165) is 22.4 Å². The molecule has 0 amide bonds. The summed E-state index contributed by atoms with van der Waals surface area (Å²) in [4.78, 5) is 4.54. The molecule has 0 heterocycles. The Labute approximate surface area is 168 Å². The third-order valence-electron chi connectivity index (χ3n) is 3.89. The van der Waals surface area contributed by atoms with Crippen LogP contribution in [-0.4, -0.2) is 6.21 Å². The molecule has 132 valence electrons. The predicted octanol–water partition coefficient (Wildman–Crippen LogP) is 7.28. The van der Waals surface area contributed by atoms with Gasteiger partial charge in [0.2, 0.25) is 0 Å². The number of rotatable bonds is 5. The molecule has 0 aromatic heterocycles. The van der Waals surface area contributed by atoms with Crippen LogP contribution < -0.4 is 4.74 Å². The van der Waals surface area contributed by atoms with Crippen LogP contribution in [0, 0.1) is 6.92 Å². The van der Waals surface area contributed by atoms with Crippen LogP contribution in [0.15, 0.2) is 65.7 Å². The van der Waals surface area contributed by atoms with E-state index in [-0.39, 0.29) is 0 Å². The maximum Gasteiger partial charge on any atom is 0.128 e. The number of aliphatic imine (C=N–C) groups is 1. The van der Waals surface area contributed by atoms with E-state index in [1.807, 2.05) is 61.5 Å². The molecule has 2 nitrogen and oxygen atoms in total. The Hall–Kier alpha value is -2.00. The van der Waals surface area contributed by atoms with Crippen LogP contribution in [0.5, 0.6) is 5.75 Å². The summed E-state index contributed by atoms with van der Waals surface area (Å²) in [6, 6.07) is 18.6. The van der Waals surface area contributed by atoms with Crippen molar-refractivity contribution in [2.24, 2.45) is 4.99 Å². The minimum absolute atomic E-state index is 0.359. The summed E-state index contributed by atoms with van der Waals surface area (Å²) in [5, 5.41) is 1.96. The first-order valence-corrected chi connectivity index (χ1v) is 9.13. The lowest BCUT2D eigenvalue weighted by atomic mass is 10.2.